The molecule has 0 atom stereocenters. The van der Waals surface area contributed by atoms with Crippen LogP contribution in [-0.2, 0) is 6.42 Å². The first-order chi connectivity index (χ1) is 10.9. The number of Topliss-reactive ketones (excluding diaryl/α,β-unsaturated/α-hetero) is 1. The summed E-state index contributed by atoms with van der Waals surface area (Å²) in [5.74, 6) is 0.217. The van der Waals surface area contributed by atoms with Crippen LogP contribution in [0.25, 0.3) is 10.6 Å². The number of nitrogens with zero attached hydrogens (tertiary/aromatic N) is 2. The number of carbonyl (C=O) groups is 2. The Kier molecular flexibility index (Phi) is 4.10. The molecule has 5 nitrogen and oxygen atoms in total. The van der Waals surface area contributed by atoms with Crippen molar-refractivity contribution in [3.05, 3.63) is 23.4 Å². The fraction of sp³-hybridized carbons (Fsp3) is 0.438. The van der Waals surface area contributed by atoms with Gasteiger partial charge in [-0.3, -0.25) is 4.79 Å². The lowest BCUT2D eigenvalue weighted by molar-refractivity contribution is 0.0910. The number of rotatable bonds is 2. The van der Waals surface area contributed by atoms with Crippen LogP contribution in [0.2, 0.25) is 0 Å². The van der Waals surface area contributed by atoms with Crippen LogP contribution in [0.15, 0.2) is 16.5 Å². The van der Waals surface area contributed by atoms with Crippen molar-refractivity contribution in [1.29, 1.82) is 0 Å². The summed E-state index contributed by atoms with van der Waals surface area (Å²) in [7, 11) is 1.57. The van der Waals surface area contributed by atoms with E-state index in [4.69, 9.17) is 0 Å². The summed E-state index contributed by atoms with van der Waals surface area (Å²) < 4.78 is 2.33. The molecule has 3 rings (SSSR count). The standard InChI is InChI=1S/C16H19N3O2S2/c1-16(2)7-9-12(11(20)8-16)14(22-4)23-13(9)10-5-6-19(18-10)15(21)17-3/h5-6H,7-8H2,1-4H3,(H,17,21). The van der Waals surface area contributed by atoms with Gasteiger partial charge in [-0.15, -0.1) is 23.1 Å². The van der Waals surface area contributed by atoms with Crippen LogP contribution in [0.4, 0.5) is 4.79 Å². The summed E-state index contributed by atoms with van der Waals surface area (Å²) in [6.45, 7) is 4.24. The van der Waals surface area contributed by atoms with Gasteiger partial charge < -0.3 is 5.32 Å². The molecule has 0 spiro atoms. The van der Waals surface area contributed by atoms with Gasteiger partial charge in [0.05, 0.1) is 9.09 Å². The summed E-state index contributed by atoms with van der Waals surface area (Å²) in [5.41, 5.74) is 2.66. The van der Waals surface area contributed by atoms with Crippen LogP contribution in [0, 0.1) is 5.41 Å². The Labute approximate surface area is 143 Å². The minimum Gasteiger partial charge on any atom is -0.339 e. The number of hydrogen-bond donors (Lipinski definition) is 1. The molecule has 0 aliphatic heterocycles. The third kappa shape index (κ3) is 2.83. The summed E-state index contributed by atoms with van der Waals surface area (Å²) in [6, 6.07) is 1.56. The van der Waals surface area contributed by atoms with Gasteiger partial charge in [0.25, 0.3) is 0 Å². The molecule has 2 heterocycles. The van der Waals surface area contributed by atoms with E-state index in [2.05, 4.69) is 24.3 Å². The Hall–Kier alpha value is -1.60. The zero-order chi connectivity index (χ0) is 16.8. The molecule has 0 fully saturated rings. The topological polar surface area (TPSA) is 64.0 Å². The highest BCUT2D eigenvalue weighted by Crippen LogP contribution is 2.47. The minimum absolute atomic E-state index is 0.0427. The quantitative estimate of drug-likeness (QED) is 0.840. The number of aromatic nitrogens is 2. The van der Waals surface area contributed by atoms with E-state index in [-0.39, 0.29) is 17.2 Å². The molecule has 7 heteroatoms. The lowest BCUT2D eigenvalue weighted by atomic mass is 9.74. The molecule has 0 saturated heterocycles. The molecule has 122 valence electrons. The van der Waals surface area contributed by atoms with Crippen molar-refractivity contribution in [3.8, 4) is 10.6 Å². The molecule has 23 heavy (non-hydrogen) atoms. The second-order valence-electron chi connectivity index (χ2n) is 6.42. The number of nitrogens with one attached hydrogen (secondary N) is 1. The van der Waals surface area contributed by atoms with Crippen LogP contribution < -0.4 is 5.32 Å². The highest BCUT2D eigenvalue weighted by molar-refractivity contribution is 8.00. The van der Waals surface area contributed by atoms with Crippen LogP contribution >= 0.6 is 23.1 Å². The van der Waals surface area contributed by atoms with E-state index in [0.29, 0.717) is 6.42 Å². The van der Waals surface area contributed by atoms with E-state index in [9.17, 15) is 9.59 Å². The Morgan fingerprint density at radius 1 is 1.43 bits per heavy atom. The molecule has 2 aromatic rings. The average molecular weight is 349 g/mol. The summed E-state index contributed by atoms with van der Waals surface area (Å²) in [4.78, 5) is 25.3. The normalized spacial score (nSPS) is 16.3. The van der Waals surface area contributed by atoms with Crippen molar-refractivity contribution >= 4 is 34.9 Å². The van der Waals surface area contributed by atoms with Gasteiger partial charge in [0, 0.05) is 25.2 Å². The van der Waals surface area contributed by atoms with Gasteiger partial charge in [-0.05, 0) is 29.7 Å². The molecule has 0 bridgehead atoms. The van der Waals surface area contributed by atoms with Gasteiger partial charge in [0.1, 0.15) is 5.69 Å². The van der Waals surface area contributed by atoms with Gasteiger partial charge in [-0.25, -0.2) is 4.79 Å². The van der Waals surface area contributed by atoms with E-state index in [1.165, 1.54) is 4.68 Å². The van der Waals surface area contributed by atoms with E-state index >= 15 is 0 Å². The molecule has 1 aliphatic rings. The van der Waals surface area contributed by atoms with E-state index in [0.717, 1.165) is 32.3 Å². The zero-order valence-corrected chi connectivity index (χ0v) is 15.2. The second kappa shape index (κ2) is 5.79. The van der Waals surface area contributed by atoms with Crippen LogP contribution in [0.5, 0.6) is 0 Å². The molecule has 0 aromatic carbocycles. The fourth-order valence-corrected chi connectivity index (χ4v) is 5.04. The predicted molar refractivity (Wildman–Crippen MR) is 93.6 cm³/mol. The first-order valence-corrected chi connectivity index (χ1v) is 9.41. The number of amides is 1. The first kappa shape index (κ1) is 16.3. The number of thiophene rings is 1. The smallest absolute Gasteiger partial charge is 0.339 e. The summed E-state index contributed by atoms with van der Waals surface area (Å²) in [6.07, 6.45) is 5.07. The molecule has 0 unspecified atom stereocenters. The number of thioether (sulfide) groups is 1. The minimum atomic E-state index is -0.275. The molecule has 1 amide bonds. The van der Waals surface area contributed by atoms with E-state index < -0.39 is 0 Å². The SMILES string of the molecule is CNC(=O)n1ccc(-c2sc(SC)c3c2CC(C)(C)CC3=O)n1. The maximum atomic E-state index is 12.6. The Balaban J connectivity index is 2.12. The maximum Gasteiger partial charge on any atom is 0.341 e. The molecule has 2 aromatic heterocycles. The van der Waals surface area contributed by atoms with Crippen molar-refractivity contribution < 1.29 is 9.59 Å². The second-order valence-corrected chi connectivity index (χ2v) is 8.51. The Morgan fingerprint density at radius 3 is 2.83 bits per heavy atom. The van der Waals surface area contributed by atoms with E-state index in [1.54, 1.807) is 36.3 Å². The highest BCUT2D eigenvalue weighted by Gasteiger charge is 2.36. The predicted octanol–water partition coefficient (Wildman–Crippen LogP) is 3.68. The lowest BCUT2D eigenvalue weighted by Crippen LogP contribution is -2.26. The van der Waals surface area contributed by atoms with Crippen molar-refractivity contribution in [2.75, 3.05) is 13.3 Å². The van der Waals surface area contributed by atoms with Crippen molar-refractivity contribution in [3.63, 3.8) is 0 Å². The Bertz CT molecular complexity index is 789. The average Bonchev–Trinajstić information content (AvgIpc) is 3.09. The summed E-state index contributed by atoms with van der Waals surface area (Å²) in [5, 5.41) is 6.93. The number of carbonyl (C=O) groups excluding carboxylic acids is 2. The molecular formula is C16H19N3O2S2. The summed E-state index contributed by atoms with van der Waals surface area (Å²) >= 11 is 3.20. The van der Waals surface area contributed by atoms with Gasteiger partial charge in [-0.2, -0.15) is 9.78 Å². The number of fused-ring (bicyclic) bond motifs is 1. The lowest BCUT2D eigenvalue weighted by Gasteiger charge is -2.29. The molecular weight excluding hydrogens is 330 g/mol. The Morgan fingerprint density at radius 2 is 2.17 bits per heavy atom. The van der Waals surface area contributed by atoms with Gasteiger partial charge in [0.2, 0.25) is 0 Å². The van der Waals surface area contributed by atoms with Crippen LogP contribution in [0.3, 0.4) is 0 Å². The monoisotopic (exact) mass is 349 g/mol. The van der Waals surface area contributed by atoms with Crippen molar-refractivity contribution in [2.45, 2.75) is 30.9 Å². The van der Waals surface area contributed by atoms with Crippen LogP contribution in [0.1, 0.15) is 36.2 Å². The fourth-order valence-electron chi connectivity index (χ4n) is 2.98. The third-order valence-electron chi connectivity index (χ3n) is 3.98. The molecule has 0 saturated carbocycles. The zero-order valence-electron chi connectivity index (χ0n) is 13.6. The highest BCUT2D eigenvalue weighted by atomic mass is 32.2. The number of hydrogen-bond acceptors (Lipinski definition) is 5. The molecule has 0 radical (unpaired) electrons. The maximum absolute atomic E-state index is 12.6. The van der Waals surface area contributed by atoms with Crippen molar-refractivity contribution in [1.82, 2.24) is 15.1 Å². The van der Waals surface area contributed by atoms with Crippen LogP contribution in [-0.4, -0.2) is 34.9 Å². The molecule has 1 aliphatic carbocycles. The van der Waals surface area contributed by atoms with E-state index in [1.807, 2.05) is 12.3 Å². The van der Waals surface area contributed by atoms with Gasteiger partial charge in [-0.1, -0.05) is 13.8 Å². The van der Waals surface area contributed by atoms with Gasteiger partial charge in [0.15, 0.2) is 5.78 Å². The first-order valence-electron chi connectivity index (χ1n) is 7.37. The number of ketones is 1. The third-order valence-corrected chi connectivity index (χ3v) is 6.35. The largest absolute Gasteiger partial charge is 0.341 e. The van der Waals surface area contributed by atoms with Crippen molar-refractivity contribution in [2.24, 2.45) is 5.41 Å². The molecule has 1 N–H and O–H groups in total. The van der Waals surface area contributed by atoms with Gasteiger partial charge >= 0.3 is 6.03 Å².